The lowest BCUT2D eigenvalue weighted by molar-refractivity contribution is -0.120. The zero-order chi connectivity index (χ0) is 15.2. The van der Waals surface area contributed by atoms with Crippen LogP contribution in [-0.2, 0) is 6.42 Å². The number of hydrogen-bond acceptors (Lipinski definition) is 5. The topological polar surface area (TPSA) is 61.3 Å². The summed E-state index contributed by atoms with van der Waals surface area (Å²) in [6.07, 6.45) is -3.84. The summed E-state index contributed by atoms with van der Waals surface area (Å²) in [4.78, 5) is 9.29. The standard InChI is InChI=1S/C12H19F3N4O/c1-3-9-17-10(16-4-2)7-11(18-9)19(5-6-20)8-12(13,14)15/h7,20H,3-6,8H2,1-2H3,(H,16,17,18). The highest BCUT2D eigenvalue weighted by molar-refractivity contribution is 5.49. The third-order valence-electron chi connectivity index (χ3n) is 2.50. The van der Waals surface area contributed by atoms with Crippen molar-refractivity contribution in [1.29, 1.82) is 0 Å². The molecule has 1 aromatic rings. The molecule has 1 aromatic heterocycles. The van der Waals surface area contributed by atoms with Gasteiger partial charge in [0.25, 0.3) is 0 Å². The van der Waals surface area contributed by atoms with Crippen LogP contribution in [0.15, 0.2) is 6.07 Å². The number of rotatable bonds is 7. The average Bonchev–Trinajstić information content (AvgIpc) is 2.36. The van der Waals surface area contributed by atoms with Gasteiger partial charge in [-0.1, -0.05) is 6.92 Å². The van der Waals surface area contributed by atoms with Crippen LogP contribution in [0.2, 0.25) is 0 Å². The van der Waals surface area contributed by atoms with Crippen molar-refractivity contribution in [3.63, 3.8) is 0 Å². The summed E-state index contributed by atoms with van der Waals surface area (Å²) < 4.78 is 37.7. The molecule has 8 heteroatoms. The van der Waals surface area contributed by atoms with E-state index in [1.807, 2.05) is 13.8 Å². The maximum absolute atomic E-state index is 12.6. The van der Waals surface area contributed by atoms with E-state index < -0.39 is 12.7 Å². The summed E-state index contributed by atoms with van der Waals surface area (Å²) in [5, 5.41) is 11.9. The van der Waals surface area contributed by atoms with Gasteiger partial charge in [0.2, 0.25) is 0 Å². The van der Waals surface area contributed by atoms with Crippen LogP contribution in [0, 0.1) is 0 Å². The first kappa shape index (κ1) is 16.5. The molecule has 0 unspecified atom stereocenters. The van der Waals surface area contributed by atoms with Crippen LogP contribution >= 0.6 is 0 Å². The fourth-order valence-electron chi connectivity index (χ4n) is 1.69. The predicted octanol–water partition coefficient (Wildman–Crippen LogP) is 1.83. The molecule has 0 saturated carbocycles. The monoisotopic (exact) mass is 292 g/mol. The van der Waals surface area contributed by atoms with E-state index in [-0.39, 0.29) is 19.0 Å². The fourth-order valence-corrected chi connectivity index (χ4v) is 1.69. The lowest BCUT2D eigenvalue weighted by Crippen LogP contribution is -2.37. The van der Waals surface area contributed by atoms with Crippen molar-refractivity contribution in [2.24, 2.45) is 0 Å². The summed E-state index contributed by atoms with van der Waals surface area (Å²) >= 11 is 0. The highest BCUT2D eigenvalue weighted by Crippen LogP contribution is 2.22. The molecule has 0 saturated heterocycles. The first-order chi connectivity index (χ1) is 9.39. The SMILES string of the molecule is CCNc1cc(N(CCO)CC(F)(F)F)nc(CC)n1. The average molecular weight is 292 g/mol. The predicted molar refractivity (Wildman–Crippen MR) is 70.9 cm³/mol. The molecule has 0 bridgehead atoms. The van der Waals surface area contributed by atoms with E-state index in [0.29, 0.717) is 24.6 Å². The van der Waals surface area contributed by atoms with Crippen LogP contribution < -0.4 is 10.2 Å². The van der Waals surface area contributed by atoms with E-state index >= 15 is 0 Å². The number of nitrogens with one attached hydrogen (secondary N) is 1. The van der Waals surface area contributed by atoms with E-state index in [4.69, 9.17) is 5.11 Å². The van der Waals surface area contributed by atoms with E-state index in [2.05, 4.69) is 15.3 Å². The van der Waals surface area contributed by atoms with Gasteiger partial charge in [0, 0.05) is 25.6 Å². The smallest absolute Gasteiger partial charge is 0.395 e. The van der Waals surface area contributed by atoms with Crippen molar-refractivity contribution in [2.75, 3.05) is 36.5 Å². The second-order valence-corrected chi connectivity index (χ2v) is 4.17. The zero-order valence-electron chi connectivity index (χ0n) is 11.5. The molecule has 1 rings (SSSR count). The zero-order valence-corrected chi connectivity index (χ0v) is 11.5. The number of hydrogen-bond donors (Lipinski definition) is 2. The molecular formula is C12H19F3N4O. The molecule has 0 spiro atoms. The molecule has 0 fully saturated rings. The molecule has 0 amide bonds. The molecule has 0 aliphatic rings. The number of alkyl halides is 3. The van der Waals surface area contributed by atoms with Gasteiger partial charge in [-0.25, -0.2) is 9.97 Å². The number of aromatic nitrogens is 2. The van der Waals surface area contributed by atoms with Gasteiger partial charge >= 0.3 is 6.18 Å². The first-order valence-corrected chi connectivity index (χ1v) is 6.44. The molecule has 0 aliphatic carbocycles. The largest absolute Gasteiger partial charge is 0.405 e. The molecule has 0 radical (unpaired) electrons. The minimum Gasteiger partial charge on any atom is -0.395 e. The van der Waals surface area contributed by atoms with Crippen LogP contribution in [0.5, 0.6) is 0 Å². The molecule has 1 heterocycles. The van der Waals surface area contributed by atoms with Gasteiger partial charge in [0.05, 0.1) is 6.61 Å². The molecule has 0 aromatic carbocycles. The summed E-state index contributed by atoms with van der Waals surface area (Å²) in [7, 11) is 0. The van der Waals surface area contributed by atoms with E-state index in [1.165, 1.54) is 6.07 Å². The molecule has 0 atom stereocenters. The minimum absolute atomic E-state index is 0.134. The Labute approximate surface area is 115 Å². The van der Waals surface area contributed by atoms with E-state index in [9.17, 15) is 13.2 Å². The van der Waals surface area contributed by atoms with Gasteiger partial charge in [-0.3, -0.25) is 0 Å². The molecule has 5 nitrogen and oxygen atoms in total. The van der Waals surface area contributed by atoms with Crippen LogP contribution in [0.4, 0.5) is 24.8 Å². The van der Waals surface area contributed by atoms with Crippen molar-refractivity contribution >= 4 is 11.6 Å². The summed E-state index contributed by atoms with van der Waals surface area (Å²) in [5.41, 5.74) is 0. The van der Waals surface area contributed by atoms with Crippen LogP contribution in [0.1, 0.15) is 19.7 Å². The van der Waals surface area contributed by atoms with E-state index in [1.54, 1.807) is 0 Å². The Morgan fingerprint density at radius 2 is 2.00 bits per heavy atom. The Kier molecular flexibility index (Phi) is 6.00. The Hall–Kier alpha value is -1.57. The van der Waals surface area contributed by atoms with Gasteiger partial charge < -0.3 is 15.3 Å². The third-order valence-corrected chi connectivity index (χ3v) is 2.50. The quantitative estimate of drug-likeness (QED) is 0.803. The number of nitrogens with zero attached hydrogens (tertiary/aromatic N) is 3. The first-order valence-electron chi connectivity index (χ1n) is 6.44. The second kappa shape index (κ2) is 7.28. The van der Waals surface area contributed by atoms with Crippen molar-refractivity contribution < 1.29 is 18.3 Å². The molecule has 20 heavy (non-hydrogen) atoms. The van der Waals surface area contributed by atoms with Crippen molar-refractivity contribution in [3.8, 4) is 0 Å². The highest BCUT2D eigenvalue weighted by Gasteiger charge is 2.31. The Balaban J connectivity index is 3.07. The van der Waals surface area contributed by atoms with E-state index in [0.717, 1.165) is 4.90 Å². The summed E-state index contributed by atoms with van der Waals surface area (Å²) in [6, 6.07) is 1.46. The van der Waals surface area contributed by atoms with Crippen LogP contribution in [0.3, 0.4) is 0 Å². The van der Waals surface area contributed by atoms with Crippen molar-refractivity contribution in [3.05, 3.63) is 11.9 Å². The summed E-state index contributed by atoms with van der Waals surface area (Å²) in [6.45, 7) is 2.64. The lowest BCUT2D eigenvalue weighted by atomic mass is 10.3. The maximum atomic E-state index is 12.6. The molecule has 2 N–H and O–H groups in total. The van der Waals surface area contributed by atoms with Gasteiger partial charge in [-0.05, 0) is 6.92 Å². The molecule has 0 aliphatic heterocycles. The number of anilines is 2. The van der Waals surface area contributed by atoms with Gasteiger partial charge in [-0.2, -0.15) is 13.2 Å². The summed E-state index contributed by atoms with van der Waals surface area (Å²) in [5.74, 6) is 1.11. The van der Waals surface area contributed by atoms with Crippen molar-refractivity contribution in [1.82, 2.24) is 9.97 Å². The lowest BCUT2D eigenvalue weighted by Gasteiger charge is -2.24. The number of halogens is 3. The molecule has 114 valence electrons. The van der Waals surface area contributed by atoms with Crippen LogP contribution in [0.25, 0.3) is 0 Å². The Bertz CT molecular complexity index is 426. The normalized spacial score (nSPS) is 11.5. The second-order valence-electron chi connectivity index (χ2n) is 4.17. The number of aryl methyl sites for hydroxylation is 1. The van der Waals surface area contributed by atoms with Crippen molar-refractivity contribution in [2.45, 2.75) is 26.4 Å². The maximum Gasteiger partial charge on any atom is 0.405 e. The van der Waals surface area contributed by atoms with Gasteiger partial charge in [0.1, 0.15) is 24.0 Å². The highest BCUT2D eigenvalue weighted by atomic mass is 19.4. The minimum atomic E-state index is -4.36. The van der Waals surface area contributed by atoms with Gasteiger partial charge in [0.15, 0.2) is 0 Å². The van der Waals surface area contributed by atoms with Gasteiger partial charge in [-0.15, -0.1) is 0 Å². The Morgan fingerprint density at radius 3 is 2.50 bits per heavy atom. The fraction of sp³-hybridized carbons (Fsp3) is 0.667. The molecular weight excluding hydrogens is 273 g/mol. The number of aliphatic hydroxyl groups excluding tert-OH is 1. The Morgan fingerprint density at radius 1 is 1.30 bits per heavy atom. The van der Waals surface area contributed by atoms with Crippen LogP contribution in [-0.4, -0.2) is 47.5 Å². The number of aliphatic hydroxyl groups is 1. The third kappa shape index (κ3) is 5.20.